The normalized spacial score (nSPS) is 19.4. The number of urea groups is 1. The molecular weight excluding hydrogens is 339 g/mol. The second-order valence-corrected chi connectivity index (χ2v) is 6.11. The van der Waals surface area contributed by atoms with Crippen molar-refractivity contribution in [2.45, 2.75) is 12.5 Å². The molecule has 3 rings (SSSR count). The Hall–Kier alpha value is -3.22. The fourth-order valence-corrected chi connectivity index (χ4v) is 2.83. The highest BCUT2D eigenvalue weighted by atomic mass is 19.1. The quantitative estimate of drug-likeness (QED) is 0.660. The molecule has 2 aromatic rings. The number of nitrogens with one attached hydrogen (secondary N) is 1. The third kappa shape index (κ3) is 3.03. The van der Waals surface area contributed by atoms with Crippen LogP contribution < -0.4 is 10.1 Å². The van der Waals surface area contributed by atoms with E-state index >= 15 is 0 Å². The lowest BCUT2D eigenvalue weighted by Crippen LogP contribution is -2.41. The Kier molecular flexibility index (Phi) is 4.46. The Balaban J connectivity index is 1.81. The molecule has 0 spiro atoms. The molecule has 7 heteroatoms. The van der Waals surface area contributed by atoms with Crippen molar-refractivity contribution in [2.75, 3.05) is 13.7 Å². The molecule has 0 unspecified atom stereocenters. The zero-order valence-corrected chi connectivity index (χ0v) is 14.3. The van der Waals surface area contributed by atoms with Crippen molar-refractivity contribution >= 4 is 17.7 Å². The van der Waals surface area contributed by atoms with E-state index in [0.29, 0.717) is 11.3 Å². The first-order valence-electron chi connectivity index (χ1n) is 7.92. The number of Topliss-reactive ketones (excluding diaryl/α,β-unsaturated/α-hetero) is 1. The summed E-state index contributed by atoms with van der Waals surface area (Å²) in [6.07, 6.45) is 0. The van der Waals surface area contributed by atoms with Crippen LogP contribution in [0, 0.1) is 5.82 Å². The van der Waals surface area contributed by atoms with Gasteiger partial charge in [-0.1, -0.05) is 12.1 Å². The van der Waals surface area contributed by atoms with E-state index in [-0.39, 0.29) is 5.56 Å². The van der Waals surface area contributed by atoms with E-state index in [9.17, 15) is 18.8 Å². The summed E-state index contributed by atoms with van der Waals surface area (Å²) in [6.45, 7) is 1.17. The number of imide groups is 1. The number of halogens is 1. The molecule has 1 N–H and O–H groups in total. The van der Waals surface area contributed by atoms with E-state index in [4.69, 9.17) is 4.74 Å². The first kappa shape index (κ1) is 17.6. The molecule has 3 amide bonds. The minimum atomic E-state index is -1.27. The Labute approximate surface area is 149 Å². The van der Waals surface area contributed by atoms with E-state index in [0.717, 1.165) is 17.0 Å². The molecule has 0 radical (unpaired) electrons. The number of ketones is 1. The van der Waals surface area contributed by atoms with Crippen LogP contribution in [0.4, 0.5) is 9.18 Å². The lowest BCUT2D eigenvalue weighted by atomic mass is 9.92. The monoisotopic (exact) mass is 356 g/mol. The molecule has 1 fully saturated rings. The molecule has 1 aliphatic heterocycles. The fourth-order valence-electron chi connectivity index (χ4n) is 2.83. The highest BCUT2D eigenvalue weighted by Crippen LogP contribution is 2.30. The summed E-state index contributed by atoms with van der Waals surface area (Å²) < 4.78 is 18.1. The largest absolute Gasteiger partial charge is 0.497 e. The predicted molar refractivity (Wildman–Crippen MR) is 91.3 cm³/mol. The van der Waals surface area contributed by atoms with E-state index in [1.54, 1.807) is 31.2 Å². The van der Waals surface area contributed by atoms with Crippen molar-refractivity contribution in [3.05, 3.63) is 65.5 Å². The number of benzene rings is 2. The van der Waals surface area contributed by atoms with Crippen molar-refractivity contribution in [1.29, 1.82) is 0 Å². The summed E-state index contributed by atoms with van der Waals surface area (Å²) in [7, 11) is 1.53. The SMILES string of the molecule is COc1ccc([C@]2(C)NC(=O)N(CC(=O)c3ccc(F)cc3)C2=O)cc1. The van der Waals surface area contributed by atoms with Gasteiger partial charge in [0, 0.05) is 5.56 Å². The zero-order valence-electron chi connectivity index (χ0n) is 14.3. The van der Waals surface area contributed by atoms with E-state index in [1.807, 2.05) is 0 Å². The Bertz CT molecular complexity index is 864. The summed E-state index contributed by atoms with van der Waals surface area (Å²) in [5, 5.41) is 2.63. The molecule has 1 atom stereocenters. The van der Waals surface area contributed by atoms with E-state index < -0.39 is 35.6 Å². The van der Waals surface area contributed by atoms with Crippen LogP contribution in [-0.4, -0.2) is 36.3 Å². The van der Waals surface area contributed by atoms with Crippen LogP contribution in [0.25, 0.3) is 0 Å². The van der Waals surface area contributed by atoms with Crippen molar-refractivity contribution in [2.24, 2.45) is 0 Å². The summed E-state index contributed by atoms with van der Waals surface area (Å²) >= 11 is 0. The Morgan fingerprint density at radius 1 is 1.12 bits per heavy atom. The minimum absolute atomic E-state index is 0.227. The number of amides is 3. The predicted octanol–water partition coefficient (Wildman–Crippen LogP) is 2.48. The molecule has 134 valence electrons. The second kappa shape index (κ2) is 6.59. The van der Waals surface area contributed by atoms with Crippen LogP contribution >= 0.6 is 0 Å². The summed E-state index contributed by atoms with van der Waals surface area (Å²) in [5.41, 5.74) is -0.467. The molecule has 26 heavy (non-hydrogen) atoms. The fraction of sp³-hybridized carbons (Fsp3) is 0.211. The van der Waals surface area contributed by atoms with E-state index in [1.165, 1.54) is 19.2 Å². The number of hydrogen-bond donors (Lipinski definition) is 1. The van der Waals surface area contributed by atoms with Gasteiger partial charge in [0.25, 0.3) is 5.91 Å². The number of hydrogen-bond acceptors (Lipinski definition) is 4. The number of methoxy groups -OCH3 is 1. The maximum absolute atomic E-state index is 13.0. The molecule has 0 aromatic heterocycles. The van der Waals surface area contributed by atoms with Crippen LogP contribution in [0.3, 0.4) is 0 Å². The summed E-state index contributed by atoms with van der Waals surface area (Å²) in [4.78, 5) is 38.3. The minimum Gasteiger partial charge on any atom is -0.497 e. The Morgan fingerprint density at radius 2 is 1.73 bits per heavy atom. The molecule has 1 aliphatic rings. The lowest BCUT2D eigenvalue weighted by Gasteiger charge is -2.22. The van der Waals surface area contributed by atoms with Crippen LogP contribution in [0.1, 0.15) is 22.8 Å². The molecule has 0 bridgehead atoms. The number of nitrogens with zero attached hydrogens (tertiary/aromatic N) is 1. The first-order chi connectivity index (χ1) is 12.3. The average molecular weight is 356 g/mol. The van der Waals surface area contributed by atoms with Gasteiger partial charge in [0.2, 0.25) is 0 Å². The lowest BCUT2D eigenvalue weighted by molar-refractivity contribution is -0.130. The van der Waals surface area contributed by atoms with E-state index in [2.05, 4.69) is 5.32 Å². The van der Waals surface area contributed by atoms with Gasteiger partial charge in [0.1, 0.15) is 17.1 Å². The summed E-state index contributed by atoms with van der Waals surface area (Å²) in [5.74, 6) is -0.823. The molecule has 0 aliphatic carbocycles. The average Bonchev–Trinajstić information content (AvgIpc) is 2.86. The van der Waals surface area contributed by atoms with Gasteiger partial charge >= 0.3 is 6.03 Å². The van der Waals surface area contributed by atoms with Crippen molar-refractivity contribution in [1.82, 2.24) is 10.2 Å². The maximum Gasteiger partial charge on any atom is 0.325 e. The van der Waals surface area contributed by atoms with Gasteiger partial charge < -0.3 is 10.1 Å². The van der Waals surface area contributed by atoms with Gasteiger partial charge in [-0.2, -0.15) is 0 Å². The van der Waals surface area contributed by atoms with Gasteiger partial charge in [-0.05, 0) is 48.9 Å². The number of carbonyl (C=O) groups excluding carboxylic acids is 3. The summed E-state index contributed by atoms with van der Waals surface area (Å²) in [6, 6.07) is 11.0. The highest BCUT2D eigenvalue weighted by Gasteiger charge is 2.49. The topological polar surface area (TPSA) is 75.7 Å². The zero-order chi connectivity index (χ0) is 18.9. The molecule has 2 aromatic carbocycles. The van der Waals surface area contributed by atoms with Crippen molar-refractivity contribution < 1.29 is 23.5 Å². The van der Waals surface area contributed by atoms with Gasteiger partial charge in [-0.3, -0.25) is 14.5 Å². The molecule has 1 saturated heterocycles. The Morgan fingerprint density at radius 3 is 2.31 bits per heavy atom. The number of rotatable bonds is 5. The second-order valence-electron chi connectivity index (χ2n) is 6.11. The molecule has 0 saturated carbocycles. The maximum atomic E-state index is 13.0. The third-order valence-corrected chi connectivity index (χ3v) is 4.41. The molecular formula is C19H17FN2O4. The van der Waals surface area contributed by atoms with Crippen LogP contribution in [-0.2, 0) is 10.3 Å². The number of ether oxygens (including phenoxy) is 1. The van der Waals surface area contributed by atoms with Crippen molar-refractivity contribution in [3.8, 4) is 5.75 Å². The molecule has 6 nitrogen and oxygen atoms in total. The van der Waals surface area contributed by atoms with Gasteiger partial charge in [-0.25, -0.2) is 9.18 Å². The standard InChI is InChI=1S/C19H17FN2O4/c1-19(13-5-9-15(26-2)10-6-13)17(24)22(18(25)21-19)11-16(23)12-3-7-14(20)8-4-12/h3-10H,11H2,1-2H3,(H,21,25)/t19-/m0/s1. The van der Waals surface area contributed by atoms with Crippen LogP contribution in [0.2, 0.25) is 0 Å². The van der Waals surface area contributed by atoms with Crippen LogP contribution in [0.15, 0.2) is 48.5 Å². The van der Waals surface area contributed by atoms with Crippen molar-refractivity contribution in [3.63, 3.8) is 0 Å². The van der Waals surface area contributed by atoms with Gasteiger partial charge in [0.15, 0.2) is 5.78 Å². The third-order valence-electron chi connectivity index (χ3n) is 4.41. The van der Waals surface area contributed by atoms with Gasteiger partial charge in [0.05, 0.1) is 13.7 Å². The van der Waals surface area contributed by atoms with Crippen LogP contribution in [0.5, 0.6) is 5.75 Å². The molecule has 1 heterocycles. The number of carbonyl (C=O) groups is 3. The highest BCUT2D eigenvalue weighted by molar-refractivity contribution is 6.11. The smallest absolute Gasteiger partial charge is 0.325 e. The van der Waals surface area contributed by atoms with Gasteiger partial charge in [-0.15, -0.1) is 0 Å². The first-order valence-corrected chi connectivity index (χ1v) is 7.92.